The van der Waals surface area contributed by atoms with Gasteiger partial charge in [0.15, 0.2) is 0 Å². The number of aliphatic hydroxyl groups excluding tert-OH is 1. The van der Waals surface area contributed by atoms with Crippen LogP contribution in [0.2, 0.25) is 0 Å². The predicted molar refractivity (Wildman–Crippen MR) is 75.7 cm³/mol. The number of aromatic nitrogens is 1. The molecule has 2 rings (SSSR count). The number of hydrogen-bond acceptors (Lipinski definition) is 5. The van der Waals surface area contributed by atoms with Crippen LogP contribution in [0.4, 0.5) is 10.1 Å². The van der Waals surface area contributed by atoms with Gasteiger partial charge in [-0.1, -0.05) is 0 Å². The molecule has 0 aliphatic heterocycles. The Morgan fingerprint density at radius 3 is 2.86 bits per heavy atom. The van der Waals surface area contributed by atoms with Crippen molar-refractivity contribution in [1.82, 2.24) is 4.98 Å². The highest BCUT2D eigenvalue weighted by Crippen LogP contribution is 2.36. The largest absolute Gasteiger partial charge is 0.431 e. The van der Waals surface area contributed by atoms with Crippen LogP contribution in [0.15, 0.2) is 34.9 Å². The van der Waals surface area contributed by atoms with Crippen LogP contribution in [0.25, 0.3) is 0 Å². The number of nitro benzene ring substituents is 1. The summed E-state index contributed by atoms with van der Waals surface area (Å²) in [6.07, 6.45) is 0.524. The molecule has 0 fully saturated rings. The Morgan fingerprint density at radius 2 is 2.24 bits per heavy atom. The molecule has 0 bridgehead atoms. The van der Waals surface area contributed by atoms with Crippen molar-refractivity contribution in [2.75, 3.05) is 0 Å². The van der Waals surface area contributed by atoms with E-state index in [1.54, 1.807) is 12.1 Å². The molecular formula is C13H10BrFN2O4. The number of nitrogens with zero attached hydrogens (tertiary/aromatic N) is 2. The fourth-order valence-corrected chi connectivity index (χ4v) is 1.98. The summed E-state index contributed by atoms with van der Waals surface area (Å²) < 4.78 is 18.8. The van der Waals surface area contributed by atoms with Gasteiger partial charge in [-0.05, 0) is 35.0 Å². The third kappa shape index (κ3) is 3.34. The number of hydrogen-bond donors (Lipinski definition) is 1. The first-order valence-electron chi connectivity index (χ1n) is 5.84. The first kappa shape index (κ1) is 15.3. The third-order valence-corrected chi connectivity index (χ3v) is 3.26. The van der Waals surface area contributed by atoms with Crippen LogP contribution >= 0.6 is 15.9 Å². The topological polar surface area (TPSA) is 85.5 Å². The summed E-state index contributed by atoms with van der Waals surface area (Å²) in [4.78, 5) is 14.2. The minimum absolute atomic E-state index is 0.0164. The lowest BCUT2D eigenvalue weighted by molar-refractivity contribution is -0.385. The van der Waals surface area contributed by atoms with Crippen LogP contribution in [0.1, 0.15) is 18.6 Å². The van der Waals surface area contributed by atoms with E-state index in [1.165, 1.54) is 13.1 Å². The van der Waals surface area contributed by atoms with Crippen molar-refractivity contribution in [3.05, 3.63) is 56.4 Å². The van der Waals surface area contributed by atoms with Gasteiger partial charge >= 0.3 is 5.69 Å². The van der Waals surface area contributed by atoms with Gasteiger partial charge in [-0.15, -0.1) is 0 Å². The number of pyridine rings is 1. The summed E-state index contributed by atoms with van der Waals surface area (Å²) in [5, 5.41) is 20.6. The summed E-state index contributed by atoms with van der Waals surface area (Å²) in [7, 11) is 0. The Balaban J connectivity index is 2.49. The lowest BCUT2D eigenvalue weighted by Gasteiger charge is -2.12. The zero-order chi connectivity index (χ0) is 15.6. The molecule has 0 aliphatic rings. The summed E-state index contributed by atoms with van der Waals surface area (Å²) in [6, 6.07) is 5.05. The van der Waals surface area contributed by atoms with Crippen molar-refractivity contribution in [2.45, 2.75) is 13.0 Å². The van der Waals surface area contributed by atoms with Crippen LogP contribution in [0, 0.1) is 15.9 Å². The third-order valence-electron chi connectivity index (χ3n) is 2.66. The molecule has 110 valence electrons. The predicted octanol–water partition coefficient (Wildman–Crippen LogP) is 3.74. The van der Waals surface area contributed by atoms with E-state index in [0.29, 0.717) is 5.56 Å². The van der Waals surface area contributed by atoms with Crippen molar-refractivity contribution in [2.24, 2.45) is 0 Å². The van der Waals surface area contributed by atoms with Crippen LogP contribution in [-0.2, 0) is 0 Å². The van der Waals surface area contributed by atoms with Gasteiger partial charge in [0, 0.05) is 23.9 Å². The monoisotopic (exact) mass is 356 g/mol. The molecule has 1 atom stereocenters. The van der Waals surface area contributed by atoms with Gasteiger partial charge in [0.2, 0.25) is 11.6 Å². The molecule has 1 heterocycles. The molecule has 0 saturated carbocycles. The molecule has 0 amide bonds. The maximum Gasteiger partial charge on any atom is 0.312 e. The van der Waals surface area contributed by atoms with Crippen molar-refractivity contribution in [1.29, 1.82) is 0 Å². The van der Waals surface area contributed by atoms with Gasteiger partial charge in [0.25, 0.3) is 0 Å². The molecule has 1 N–H and O–H groups in total. The maximum atomic E-state index is 13.6. The van der Waals surface area contributed by atoms with E-state index in [4.69, 9.17) is 4.74 Å². The van der Waals surface area contributed by atoms with Gasteiger partial charge in [0.1, 0.15) is 5.82 Å². The number of benzene rings is 1. The van der Waals surface area contributed by atoms with Crippen molar-refractivity contribution >= 4 is 21.6 Å². The second-order valence-electron chi connectivity index (χ2n) is 4.17. The molecule has 0 spiro atoms. The van der Waals surface area contributed by atoms with Gasteiger partial charge in [-0.25, -0.2) is 9.37 Å². The molecule has 1 unspecified atom stereocenters. The molecule has 8 heteroatoms. The molecule has 0 radical (unpaired) electrons. The smallest absolute Gasteiger partial charge is 0.312 e. The number of aliphatic hydroxyl groups is 1. The van der Waals surface area contributed by atoms with E-state index >= 15 is 0 Å². The van der Waals surface area contributed by atoms with Gasteiger partial charge in [0.05, 0.1) is 15.5 Å². The molecule has 2 aromatic rings. The van der Waals surface area contributed by atoms with E-state index in [9.17, 15) is 19.6 Å². The molecule has 1 aromatic carbocycles. The van der Waals surface area contributed by atoms with Crippen molar-refractivity contribution in [3.63, 3.8) is 0 Å². The highest BCUT2D eigenvalue weighted by atomic mass is 79.9. The van der Waals surface area contributed by atoms with E-state index in [0.717, 1.165) is 12.1 Å². The van der Waals surface area contributed by atoms with Crippen LogP contribution in [0.5, 0.6) is 11.6 Å². The lowest BCUT2D eigenvalue weighted by atomic mass is 10.2. The first-order valence-corrected chi connectivity index (χ1v) is 6.63. The zero-order valence-electron chi connectivity index (χ0n) is 10.8. The minimum Gasteiger partial charge on any atom is -0.431 e. The van der Waals surface area contributed by atoms with Crippen LogP contribution < -0.4 is 4.74 Å². The molecule has 21 heavy (non-hydrogen) atoms. The summed E-state index contributed by atoms with van der Waals surface area (Å²) in [6.45, 7) is 1.50. The normalized spacial score (nSPS) is 12.0. The molecule has 0 saturated heterocycles. The number of halogens is 2. The van der Waals surface area contributed by atoms with Gasteiger partial charge in [-0.3, -0.25) is 10.1 Å². The Kier molecular flexibility index (Phi) is 4.49. The Bertz CT molecular complexity index is 694. The average Bonchev–Trinajstić information content (AvgIpc) is 2.42. The average molecular weight is 357 g/mol. The highest BCUT2D eigenvalue weighted by Gasteiger charge is 2.21. The minimum atomic E-state index is -0.881. The summed E-state index contributed by atoms with van der Waals surface area (Å²) >= 11 is 2.88. The Morgan fingerprint density at radius 1 is 1.52 bits per heavy atom. The Labute approximate surface area is 127 Å². The molecule has 1 aromatic heterocycles. The van der Waals surface area contributed by atoms with Crippen molar-refractivity contribution in [3.8, 4) is 11.6 Å². The zero-order valence-corrected chi connectivity index (χ0v) is 12.4. The van der Waals surface area contributed by atoms with E-state index < -0.39 is 22.5 Å². The molecule has 6 nitrogen and oxygen atoms in total. The Hall–Kier alpha value is -2.06. The lowest BCUT2D eigenvalue weighted by Crippen LogP contribution is -2.00. The number of nitro groups is 1. The number of ether oxygens (including phenoxy) is 1. The molecule has 0 aliphatic carbocycles. The highest BCUT2D eigenvalue weighted by molar-refractivity contribution is 9.10. The van der Waals surface area contributed by atoms with Gasteiger partial charge in [-0.2, -0.15) is 0 Å². The quantitative estimate of drug-likeness (QED) is 0.666. The fraction of sp³-hybridized carbons (Fsp3) is 0.154. The summed E-state index contributed by atoms with van der Waals surface area (Å²) in [5.41, 5.74) is -0.0689. The van der Waals surface area contributed by atoms with Crippen LogP contribution in [-0.4, -0.2) is 15.0 Å². The van der Waals surface area contributed by atoms with Crippen LogP contribution in [0.3, 0.4) is 0 Å². The standard InChI is InChI=1S/C13H10BrFN2O4/c1-7(18)8-3-2-4-16-13(8)21-12-6-10(15)9(14)5-11(12)17(19)20/h2-7,18H,1H3. The second kappa shape index (κ2) is 6.15. The first-order chi connectivity index (χ1) is 9.90. The van der Waals surface area contributed by atoms with E-state index in [-0.39, 0.29) is 16.1 Å². The van der Waals surface area contributed by atoms with Gasteiger partial charge < -0.3 is 9.84 Å². The fourth-order valence-electron chi connectivity index (χ4n) is 1.65. The molecular weight excluding hydrogens is 347 g/mol. The maximum absolute atomic E-state index is 13.6. The SMILES string of the molecule is CC(O)c1cccnc1Oc1cc(F)c(Br)cc1[N+](=O)[O-]. The van der Waals surface area contributed by atoms with E-state index in [1.807, 2.05) is 0 Å². The van der Waals surface area contributed by atoms with Crippen molar-refractivity contribution < 1.29 is 19.2 Å². The second-order valence-corrected chi connectivity index (χ2v) is 5.02. The van der Waals surface area contributed by atoms with E-state index in [2.05, 4.69) is 20.9 Å². The summed E-state index contributed by atoms with van der Waals surface area (Å²) in [5.74, 6) is -1.01. The number of rotatable bonds is 4.